The minimum atomic E-state index is -0.446. The molecule has 1 N–H and O–H groups in total. The Bertz CT molecular complexity index is 1080. The van der Waals surface area contributed by atoms with Crippen molar-refractivity contribution in [2.75, 3.05) is 19.5 Å². The third-order valence-corrected chi connectivity index (χ3v) is 5.79. The summed E-state index contributed by atoms with van der Waals surface area (Å²) in [5, 5.41) is 8.53. The molecule has 1 unspecified atom stereocenters. The van der Waals surface area contributed by atoms with Gasteiger partial charge in [-0.2, -0.15) is 4.98 Å². The molecule has 0 aliphatic carbocycles. The number of thioether (sulfide) groups is 1. The fourth-order valence-electron chi connectivity index (χ4n) is 3.38. The number of esters is 1. The number of carbonyl (C=O) groups is 1. The van der Waals surface area contributed by atoms with Crippen LogP contribution in [0.1, 0.15) is 24.1 Å². The zero-order valence-electron chi connectivity index (χ0n) is 17.0. The molecule has 0 spiro atoms. The average Bonchev–Trinajstić information content (AvgIpc) is 3.19. The van der Waals surface area contributed by atoms with E-state index in [1.807, 2.05) is 49.4 Å². The van der Waals surface area contributed by atoms with Crippen molar-refractivity contribution in [3.8, 4) is 5.75 Å². The highest BCUT2D eigenvalue weighted by Gasteiger charge is 2.35. The van der Waals surface area contributed by atoms with E-state index in [9.17, 15) is 4.79 Å². The van der Waals surface area contributed by atoms with Gasteiger partial charge >= 0.3 is 5.97 Å². The molecular formula is C22H22N4O3S. The van der Waals surface area contributed by atoms with E-state index < -0.39 is 12.0 Å². The summed E-state index contributed by atoms with van der Waals surface area (Å²) in [5.74, 6) is 1.69. The second-order valence-electron chi connectivity index (χ2n) is 6.77. The zero-order valence-corrected chi connectivity index (χ0v) is 17.8. The molecule has 0 radical (unpaired) electrons. The van der Waals surface area contributed by atoms with Gasteiger partial charge in [-0.1, -0.05) is 54.2 Å². The third-order valence-electron chi connectivity index (χ3n) is 4.88. The van der Waals surface area contributed by atoms with Crippen molar-refractivity contribution < 1.29 is 14.3 Å². The molecule has 0 bridgehead atoms. The minimum absolute atomic E-state index is 0.402. The molecule has 1 aliphatic rings. The number of benzene rings is 2. The molecule has 0 amide bonds. The number of rotatable bonds is 6. The molecule has 1 atom stereocenters. The number of ether oxygens (including phenoxy) is 2. The Morgan fingerprint density at radius 1 is 1.13 bits per heavy atom. The van der Waals surface area contributed by atoms with E-state index in [4.69, 9.17) is 14.6 Å². The first-order valence-corrected chi connectivity index (χ1v) is 10.4. The molecule has 1 aliphatic heterocycles. The Kier molecular flexibility index (Phi) is 5.76. The Labute approximate surface area is 179 Å². The van der Waals surface area contributed by atoms with Crippen LogP contribution in [0.25, 0.3) is 0 Å². The van der Waals surface area contributed by atoms with Crippen LogP contribution in [0.2, 0.25) is 0 Å². The van der Waals surface area contributed by atoms with Gasteiger partial charge in [0, 0.05) is 11.4 Å². The van der Waals surface area contributed by atoms with E-state index >= 15 is 0 Å². The van der Waals surface area contributed by atoms with E-state index in [0.717, 1.165) is 17.1 Å². The Morgan fingerprint density at radius 2 is 1.87 bits per heavy atom. The second kappa shape index (κ2) is 8.62. The first-order chi connectivity index (χ1) is 14.6. The summed E-state index contributed by atoms with van der Waals surface area (Å²) in [5.41, 5.74) is 3.28. The second-order valence-corrected chi connectivity index (χ2v) is 7.71. The molecule has 0 fully saturated rings. The van der Waals surface area contributed by atoms with Gasteiger partial charge in [0.2, 0.25) is 11.1 Å². The van der Waals surface area contributed by atoms with Gasteiger partial charge in [-0.3, -0.25) is 0 Å². The lowest BCUT2D eigenvalue weighted by atomic mass is 9.96. The molecule has 8 heteroatoms. The number of methoxy groups -OCH3 is 2. The molecule has 3 aromatic rings. The average molecular weight is 423 g/mol. The number of nitrogens with one attached hydrogen (secondary N) is 1. The normalized spacial score (nSPS) is 15.4. The number of fused-ring (bicyclic) bond motifs is 1. The lowest BCUT2D eigenvalue weighted by molar-refractivity contribution is -0.136. The standard InChI is InChI=1S/C22H22N4O3S/c1-14-18(20(27)29-3)19(16-9-11-17(28-2)12-10-16)26-21(23-14)24-22(25-26)30-13-15-7-5-4-6-8-15/h4-12,19H,13H2,1-3H3,(H,23,24,25). The highest BCUT2D eigenvalue weighted by atomic mass is 32.2. The summed E-state index contributed by atoms with van der Waals surface area (Å²) in [4.78, 5) is 17.2. The zero-order chi connectivity index (χ0) is 21.1. The third kappa shape index (κ3) is 3.91. The summed E-state index contributed by atoms with van der Waals surface area (Å²) < 4.78 is 12.1. The molecule has 154 valence electrons. The maximum absolute atomic E-state index is 12.6. The Balaban J connectivity index is 1.70. The lowest BCUT2D eigenvalue weighted by Crippen LogP contribution is -2.29. The van der Waals surface area contributed by atoms with E-state index in [-0.39, 0.29) is 0 Å². The molecule has 2 heterocycles. The van der Waals surface area contributed by atoms with Crippen LogP contribution in [0.4, 0.5) is 5.95 Å². The van der Waals surface area contributed by atoms with E-state index in [1.54, 1.807) is 23.6 Å². The van der Waals surface area contributed by atoms with Crippen molar-refractivity contribution in [2.24, 2.45) is 0 Å². The topological polar surface area (TPSA) is 78.3 Å². The van der Waals surface area contributed by atoms with E-state index in [0.29, 0.717) is 22.4 Å². The van der Waals surface area contributed by atoms with Crippen molar-refractivity contribution in [2.45, 2.75) is 23.9 Å². The van der Waals surface area contributed by atoms with Crippen molar-refractivity contribution in [1.29, 1.82) is 0 Å². The predicted molar refractivity (Wildman–Crippen MR) is 115 cm³/mol. The predicted octanol–water partition coefficient (Wildman–Crippen LogP) is 4.04. The molecule has 1 aromatic heterocycles. The monoisotopic (exact) mass is 422 g/mol. The Hall–Kier alpha value is -3.26. The fraction of sp³-hybridized carbons (Fsp3) is 0.227. The quantitative estimate of drug-likeness (QED) is 0.474. The van der Waals surface area contributed by atoms with Crippen LogP contribution in [-0.2, 0) is 15.3 Å². The van der Waals surface area contributed by atoms with Crippen LogP contribution in [0.3, 0.4) is 0 Å². The van der Waals surface area contributed by atoms with Crippen LogP contribution >= 0.6 is 11.8 Å². The van der Waals surface area contributed by atoms with Gasteiger partial charge in [0.1, 0.15) is 11.8 Å². The SMILES string of the molecule is COC(=O)C1=C(C)Nc2nc(SCc3ccccc3)nn2C1c1ccc(OC)cc1. The van der Waals surface area contributed by atoms with Gasteiger partial charge in [0.05, 0.1) is 19.8 Å². The summed E-state index contributed by atoms with van der Waals surface area (Å²) >= 11 is 1.55. The van der Waals surface area contributed by atoms with Gasteiger partial charge in [0.25, 0.3) is 0 Å². The van der Waals surface area contributed by atoms with Gasteiger partial charge < -0.3 is 14.8 Å². The van der Waals surface area contributed by atoms with Crippen molar-refractivity contribution in [1.82, 2.24) is 14.8 Å². The Morgan fingerprint density at radius 3 is 2.53 bits per heavy atom. The molecule has 30 heavy (non-hydrogen) atoms. The molecule has 7 nitrogen and oxygen atoms in total. The molecule has 2 aromatic carbocycles. The molecule has 0 saturated heterocycles. The molecule has 4 rings (SSSR count). The number of hydrogen-bond acceptors (Lipinski definition) is 7. The smallest absolute Gasteiger partial charge is 0.338 e. The van der Waals surface area contributed by atoms with Crippen molar-refractivity contribution in [3.05, 3.63) is 77.0 Å². The first kappa shape index (κ1) is 20.0. The molecule has 0 saturated carbocycles. The number of anilines is 1. The number of nitrogens with zero attached hydrogens (tertiary/aromatic N) is 3. The summed E-state index contributed by atoms with van der Waals surface area (Å²) in [6.45, 7) is 1.84. The summed E-state index contributed by atoms with van der Waals surface area (Å²) in [6.07, 6.45) is 0. The largest absolute Gasteiger partial charge is 0.497 e. The van der Waals surface area contributed by atoms with Gasteiger partial charge in [-0.05, 0) is 30.2 Å². The van der Waals surface area contributed by atoms with E-state index in [2.05, 4.69) is 22.4 Å². The van der Waals surface area contributed by atoms with Crippen LogP contribution in [0.5, 0.6) is 5.75 Å². The van der Waals surface area contributed by atoms with Crippen LogP contribution < -0.4 is 10.1 Å². The lowest BCUT2D eigenvalue weighted by Gasteiger charge is -2.27. The van der Waals surface area contributed by atoms with Gasteiger partial charge in [-0.15, -0.1) is 5.10 Å². The van der Waals surface area contributed by atoms with Crippen molar-refractivity contribution in [3.63, 3.8) is 0 Å². The number of allylic oxidation sites excluding steroid dienone is 1. The van der Waals surface area contributed by atoms with Gasteiger partial charge in [0.15, 0.2) is 0 Å². The number of aromatic nitrogens is 3. The summed E-state index contributed by atoms with van der Waals surface area (Å²) in [6, 6.07) is 17.3. The number of carbonyl (C=O) groups excluding carboxylic acids is 1. The highest BCUT2D eigenvalue weighted by molar-refractivity contribution is 7.98. The molecular weight excluding hydrogens is 400 g/mol. The van der Waals surface area contributed by atoms with E-state index in [1.165, 1.54) is 12.7 Å². The van der Waals surface area contributed by atoms with Crippen LogP contribution in [0, 0.1) is 0 Å². The minimum Gasteiger partial charge on any atom is -0.497 e. The van der Waals surface area contributed by atoms with Gasteiger partial charge in [-0.25, -0.2) is 9.48 Å². The maximum atomic E-state index is 12.6. The fourth-order valence-corrected chi connectivity index (χ4v) is 4.17. The van der Waals surface area contributed by atoms with Crippen molar-refractivity contribution >= 4 is 23.7 Å². The number of hydrogen-bond donors (Lipinski definition) is 1. The maximum Gasteiger partial charge on any atom is 0.338 e. The van der Waals surface area contributed by atoms with Crippen LogP contribution in [-0.4, -0.2) is 35.0 Å². The highest BCUT2D eigenvalue weighted by Crippen LogP contribution is 2.37. The first-order valence-electron chi connectivity index (χ1n) is 9.44. The summed E-state index contributed by atoms with van der Waals surface area (Å²) in [7, 11) is 3.00. The van der Waals surface area contributed by atoms with Crippen LogP contribution in [0.15, 0.2) is 71.0 Å².